The average Bonchev–Trinajstić information content (AvgIpc) is 3.36. The van der Waals surface area contributed by atoms with Crippen molar-refractivity contribution in [3.05, 3.63) is 111 Å². The lowest BCUT2D eigenvalue weighted by Gasteiger charge is -2.41. The van der Waals surface area contributed by atoms with Gasteiger partial charge in [0, 0.05) is 0 Å². The van der Waals surface area contributed by atoms with Crippen molar-refractivity contribution in [2.45, 2.75) is 170 Å². The molecule has 0 unspecified atom stereocenters. The molecular formula is C48H70Si. The maximum absolute atomic E-state index is 2.90. The molecule has 0 amide bonds. The molecule has 0 radical (unpaired) electrons. The number of benzene rings is 3. The molecule has 0 aliphatic heterocycles. The molecule has 3 aromatic rings. The van der Waals surface area contributed by atoms with E-state index >= 15 is 0 Å². The molecule has 0 nitrogen and oxygen atoms in total. The molecule has 3 aromatic carbocycles. The Morgan fingerprint density at radius 3 is 0.755 bits per heavy atom. The summed E-state index contributed by atoms with van der Waals surface area (Å²) in [4.78, 5) is 0. The summed E-state index contributed by atoms with van der Waals surface area (Å²) < 4.78 is 0. The van der Waals surface area contributed by atoms with Gasteiger partial charge in [-0.1, -0.05) is 202 Å². The van der Waals surface area contributed by atoms with Crippen molar-refractivity contribution in [1.82, 2.24) is 0 Å². The first-order valence-corrected chi connectivity index (χ1v) is 20.8. The highest BCUT2D eigenvalue weighted by molar-refractivity contribution is 7.16. The van der Waals surface area contributed by atoms with Gasteiger partial charge in [0.2, 0.25) is 0 Å². The van der Waals surface area contributed by atoms with E-state index in [0.717, 1.165) is 6.42 Å². The Kier molecular flexibility index (Phi) is 10.0. The summed E-state index contributed by atoms with van der Waals surface area (Å²) in [7, 11) is -2.90. The Hall–Kier alpha value is -2.64. The van der Waals surface area contributed by atoms with Crippen molar-refractivity contribution in [3.8, 4) is 0 Å². The number of hydrogen-bond acceptors (Lipinski definition) is 0. The van der Waals surface area contributed by atoms with Gasteiger partial charge in [-0.2, -0.15) is 0 Å². The monoisotopic (exact) mass is 675 g/mol. The van der Waals surface area contributed by atoms with Crippen LogP contribution >= 0.6 is 0 Å². The summed E-state index contributed by atoms with van der Waals surface area (Å²) in [6, 6.07) is 23.4. The Morgan fingerprint density at radius 2 is 0.592 bits per heavy atom. The summed E-state index contributed by atoms with van der Waals surface area (Å²) in [6.07, 6.45) is 5.84. The molecule has 0 bridgehead atoms. The minimum absolute atomic E-state index is 0.0150. The molecule has 0 saturated carbocycles. The Labute approximate surface area is 303 Å². The average molecular weight is 675 g/mol. The van der Waals surface area contributed by atoms with Crippen LogP contribution < -0.4 is 15.6 Å². The molecule has 49 heavy (non-hydrogen) atoms. The maximum atomic E-state index is 2.64. The van der Waals surface area contributed by atoms with Gasteiger partial charge in [-0.3, -0.25) is 0 Å². The molecule has 0 saturated heterocycles. The number of allylic oxidation sites excluding steroid dienone is 4. The van der Waals surface area contributed by atoms with E-state index in [4.69, 9.17) is 0 Å². The highest BCUT2D eigenvalue weighted by Gasteiger charge is 2.47. The van der Waals surface area contributed by atoms with Crippen LogP contribution in [-0.2, 0) is 32.5 Å². The van der Waals surface area contributed by atoms with Crippen molar-refractivity contribution in [2.24, 2.45) is 0 Å². The first kappa shape index (κ1) is 39.1. The second-order valence-corrected chi connectivity index (χ2v) is 25.3. The van der Waals surface area contributed by atoms with Gasteiger partial charge < -0.3 is 0 Å². The third-order valence-corrected chi connectivity index (χ3v) is 15.9. The highest BCUT2D eigenvalue weighted by atomic mass is 28.3. The number of hydrogen-bond donors (Lipinski definition) is 0. The van der Waals surface area contributed by atoms with Gasteiger partial charge in [0.05, 0.1) is 0 Å². The van der Waals surface area contributed by atoms with Crippen LogP contribution in [0.15, 0.2) is 77.5 Å². The molecule has 1 aliphatic rings. The molecule has 4 rings (SSSR count). The molecule has 0 spiro atoms. The minimum Gasteiger partial charge on any atom is -0.0806 e. The molecule has 0 aromatic heterocycles. The third kappa shape index (κ3) is 7.98. The van der Waals surface area contributed by atoms with Crippen LogP contribution in [0.3, 0.4) is 0 Å². The maximum Gasteiger partial charge on any atom is 0.176 e. The highest BCUT2D eigenvalue weighted by Crippen LogP contribution is 2.37. The lowest BCUT2D eigenvalue weighted by atomic mass is 9.80. The topological polar surface area (TPSA) is 0 Å². The van der Waals surface area contributed by atoms with E-state index in [1.54, 1.807) is 5.20 Å². The molecule has 0 fully saturated rings. The lowest BCUT2D eigenvalue weighted by Crippen LogP contribution is -2.69. The van der Waals surface area contributed by atoms with E-state index in [9.17, 15) is 0 Å². The third-order valence-electron chi connectivity index (χ3n) is 10.9. The van der Waals surface area contributed by atoms with Crippen LogP contribution in [0, 0.1) is 0 Å². The lowest BCUT2D eigenvalue weighted by molar-refractivity contribution is 0.569. The second kappa shape index (κ2) is 12.5. The van der Waals surface area contributed by atoms with E-state index in [2.05, 4.69) is 198 Å². The Bertz CT molecular complexity index is 1480. The fourth-order valence-electron chi connectivity index (χ4n) is 7.22. The van der Waals surface area contributed by atoms with Crippen LogP contribution in [0.25, 0.3) is 0 Å². The van der Waals surface area contributed by atoms with Gasteiger partial charge in [0.15, 0.2) is 8.07 Å². The summed E-state index contributed by atoms with van der Waals surface area (Å²) in [5.41, 5.74) is 10.1. The largest absolute Gasteiger partial charge is 0.176 e. The van der Waals surface area contributed by atoms with Crippen LogP contribution in [-0.4, -0.2) is 8.07 Å². The molecule has 266 valence electrons. The van der Waals surface area contributed by atoms with Crippen molar-refractivity contribution in [3.63, 3.8) is 0 Å². The zero-order valence-corrected chi connectivity index (χ0v) is 36.1. The van der Waals surface area contributed by atoms with Gasteiger partial charge in [0.1, 0.15) is 0 Å². The van der Waals surface area contributed by atoms with Gasteiger partial charge in [0.25, 0.3) is 0 Å². The van der Waals surface area contributed by atoms with E-state index in [0.29, 0.717) is 0 Å². The van der Waals surface area contributed by atoms with Gasteiger partial charge in [-0.25, -0.2) is 0 Å². The van der Waals surface area contributed by atoms with E-state index in [1.807, 2.05) is 0 Å². The van der Waals surface area contributed by atoms with Crippen molar-refractivity contribution >= 4 is 23.6 Å². The van der Waals surface area contributed by atoms with E-state index < -0.39 is 8.07 Å². The first-order chi connectivity index (χ1) is 22.0. The molecule has 0 heterocycles. The molecule has 1 heteroatoms. The molecule has 0 N–H and O–H groups in total. The first-order valence-electron chi connectivity index (χ1n) is 18.8. The summed E-state index contributed by atoms with van der Waals surface area (Å²) in [5.74, 6) is 0. The van der Waals surface area contributed by atoms with E-state index in [-0.39, 0.29) is 32.5 Å². The Balaban J connectivity index is 2.45. The van der Waals surface area contributed by atoms with Crippen molar-refractivity contribution < 1.29 is 0 Å². The predicted octanol–water partition coefficient (Wildman–Crippen LogP) is 11.8. The SMILES string of the molecule is CC1=C([Si](c2cc(C(C)(C)C)cc(C(C)(C)C)c2)(c2cc(C(C)(C)C)cc(C(C)(C)C)c2)c2cc(C(C)(C)C)cc(C(C)(C)C)c2)CC=C1. The zero-order chi connectivity index (χ0) is 37.3. The fourth-order valence-corrected chi connectivity index (χ4v) is 12.6. The summed E-state index contributed by atoms with van der Waals surface area (Å²) >= 11 is 0. The van der Waals surface area contributed by atoms with E-state index in [1.165, 1.54) is 54.5 Å². The standard InChI is InChI=1S/C48H70Si/c1-32-21-20-22-42(32)49(39-26-33(43(2,3)4)23-34(27-39)44(5,6)7,40-28-35(45(8,9)10)24-36(29-40)46(11,12)13)41-30-37(47(14,15)16)25-38(31-41)48(17,18)19/h20-21,23-31H,22H2,1-19H3. The number of rotatable bonds is 4. The minimum atomic E-state index is -2.90. The van der Waals surface area contributed by atoms with Crippen molar-refractivity contribution in [2.75, 3.05) is 0 Å². The zero-order valence-electron chi connectivity index (χ0n) is 35.1. The Morgan fingerprint density at radius 1 is 0.367 bits per heavy atom. The summed E-state index contributed by atoms with van der Waals surface area (Å²) in [6.45, 7) is 45.4. The van der Waals surface area contributed by atoms with Crippen molar-refractivity contribution in [1.29, 1.82) is 0 Å². The van der Waals surface area contributed by atoms with Crippen LogP contribution in [0.2, 0.25) is 0 Å². The second-order valence-electron chi connectivity index (χ2n) is 21.4. The molecular weight excluding hydrogens is 605 g/mol. The smallest absolute Gasteiger partial charge is 0.0806 e. The predicted molar refractivity (Wildman–Crippen MR) is 223 cm³/mol. The quantitative estimate of drug-likeness (QED) is 0.191. The van der Waals surface area contributed by atoms with Crippen LogP contribution in [0.1, 0.15) is 171 Å². The van der Waals surface area contributed by atoms with Crippen LogP contribution in [0.4, 0.5) is 0 Å². The molecule has 1 aliphatic carbocycles. The van der Waals surface area contributed by atoms with Gasteiger partial charge in [-0.15, -0.1) is 0 Å². The normalized spacial score (nSPS) is 15.4. The summed E-state index contributed by atoms with van der Waals surface area (Å²) in [5, 5.41) is 6.22. The fraction of sp³-hybridized carbons (Fsp3) is 0.542. The molecule has 0 atom stereocenters. The van der Waals surface area contributed by atoms with Gasteiger partial charge >= 0.3 is 0 Å². The van der Waals surface area contributed by atoms with Gasteiger partial charge in [-0.05, 0) is 94.8 Å². The van der Waals surface area contributed by atoms with Crippen LogP contribution in [0.5, 0.6) is 0 Å².